The average Bonchev–Trinajstić information content (AvgIpc) is 2.65. The van der Waals surface area contributed by atoms with Gasteiger partial charge in [0, 0.05) is 12.3 Å². The largest absolute Gasteiger partial charge is 0.462 e. The third-order valence-electron chi connectivity index (χ3n) is 6.59. The van der Waals surface area contributed by atoms with Crippen molar-refractivity contribution in [3.63, 3.8) is 0 Å². The van der Waals surface area contributed by atoms with Crippen molar-refractivity contribution in [1.82, 2.24) is 0 Å². The van der Waals surface area contributed by atoms with Gasteiger partial charge in [-0.2, -0.15) is 0 Å². The van der Waals surface area contributed by atoms with Gasteiger partial charge in [-0.25, -0.2) is 0 Å². The lowest BCUT2D eigenvalue weighted by Crippen LogP contribution is -2.44. The Balaban J connectivity index is 1.74. The first-order valence-corrected chi connectivity index (χ1v) is 10.9. The molecule has 0 spiro atoms. The Labute approximate surface area is 173 Å². The lowest BCUT2D eigenvalue weighted by Gasteiger charge is -2.43. The van der Waals surface area contributed by atoms with Crippen molar-refractivity contribution in [3.05, 3.63) is 23.8 Å². The fourth-order valence-electron chi connectivity index (χ4n) is 4.81. The van der Waals surface area contributed by atoms with Gasteiger partial charge in [0.1, 0.15) is 12.2 Å². The highest BCUT2D eigenvalue weighted by atomic mass is 16.6. The van der Waals surface area contributed by atoms with Crippen molar-refractivity contribution >= 4 is 11.9 Å². The summed E-state index contributed by atoms with van der Waals surface area (Å²) in [6.07, 6.45) is 7.22. The molecule has 1 fully saturated rings. The van der Waals surface area contributed by atoms with Gasteiger partial charge in [0.15, 0.2) is 0 Å². The predicted octanol–water partition coefficient (Wildman–Crippen LogP) is 2.92. The molecule has 162 valence electrons. The molecule has 0 aromatic heterocycles. The number of ether oxygens (including phenoxy) is 2. The van der Waals surface area contributed by atoms with Crippen molar-refractivity contribution in [2.45, 2.75) is 83.7 Å². The van der Waals surface area contributed by atoms with Crippen molar-refractivity contribution in [3.8, 4) is 0 Å². The lowest BCUT2D eigenvalue weighted by atomic mass is 9.67. The summed E-state index contributed by atoms with van der Waals surface area (Å²) in [5.74, 6) is -0.589. The summed E-state index contributed by atoms with van der Waals surface area (Å²) < 4.78 is 11.3. The number of allylic oxidation sites excluding steroid dienone is 2. The van der Waals surface area contributed by atoms with E-state index in [2.05, 4.69) is 13.0 Å². The number of fused-ring (bicyclic) bond motifs is 1. The minimum atomic E-state index is -0.660. The first-order chi connectivity index (χ1) is 13.8. The summed E-state index contributed by atoms with van der Waals surface area (Å²) in [7, 11) is 0. The zero-order valence-corrected chi connectivity index (χ0v) is 17.6. The van der Waals surface area contributed by atoms with Crippen LogP contribution in [0.1, 0.15) is 59.3 Å². The van der Waals surface area contributed by atoms with E-state index in [0.29, 0.717) is 25.2 Å². The van der Waals surface area contributed by atoms with Crippen LogP contribution in [0.2, 0.25) is 0 Å². The third-order valence-corrected chi connectivity index (χ3v) is 6.59. The van der Waals surface area contributed by atoms with Gasteiger partial charge in [0.05, 0.1) is 24.5 Å². The van der Waals surface area contributed by atoms with Crippen molar-refractivity contribution < 1.29 is 29.3 Å². The second-order valence-electron chi connectivity index (χ2n) is 8.99. The first-order valence-electron chi connectivity index (χ1n) is 10.9. The van der Waals surface area contributed by atoms with Crippen molar-refractivity contribution in [2.75, 3.05) is 0 Å². The van der Waals surface area contributed by atoms with E-state index in [1.807, 2.05) is 19.9 Å². The van der Waals surface area contributed by atoms with Crippen LogP contribution in [0.3, 0.4) is 0 Å². The molecule has 3 aliphatic rings. The molecule has 5 unspecified atom stereocenters. The van der Waals surface area contributed by atoms with Crippen LogP contribution in [0, 0.1) is 23.7 Å². The standard InChI is InChI=1S/C23H34O6/c1-4-14(3)23(27)29-20-10-13(2)9-15-5-8-19(25)18(22(15)20)7-6-17-11-16(24)12-21(26)28-17/h5,8-9,13-14,16-20,22,24-25H,4,6-7,10-12H2,1-3H3/t13?,14?,16-,17?,18+,19?,20-,22?/m1/s1. The van der Waals surface area contributed by atoms with Crippen LogP contribution in [-0.2, 0) is 19.1 Å². The number of aliphatic hydroxyl groups excluding tert-OH is 2. The van der Waals surface area contributed by atoms with Crippen LogP contribution in [0.15, 0.2) is 23.8 Å². The van der Waals surface area contributed by atoms with E-state index < -0.39 is 12.2 Å². The van der Waals surface area contributed by atoms with Crippen LogP contribution >= 0.6 is 0 Å². The summed E-state index contributed by atoms with van der Waals surface area (Å²) in [4.78, 5) is 24.1. The van der Waals surface area contributed by atoms with E-state index in [0.717, 1.165) is 18.4 Å². The SMILES string of the molecule is CCC(C)C(=O)O[C@@H]1CC(C)C=C2C=CC(O)[C@H](CCC3C[C@@H](O)CC(=O)O3)C21. The number of aliphatic hydroxyl groups is 2. The molecule has 2 N–H and O–H groups in total. The van der Waals surface area contributed by atoms with E-state index in [4.69, 9.17) is 9.47 Å². The number of carbonyl (C=O) groups excluding carboxylic acids is 2. The maximum absolute atomic E-state index is 12.5. The smallest absolute Gasteiger partial charge is 0.308 e. The maximum atomic E-state index is 12.5. The highest BCUT2D eigenvalue weighted by Crippen LogP contribution is 2.43. The highest BCUT2D eigenvalue weighted by Gasteiger charge is 2.43. The molecular weight excluding hydrogens is 372 g/mol. The Hall–Kier alpha value is -1.66. The minimum Gasteiger partial charge on any atom is -0.462 e. The molecule has 6 heteroatoms. The second-order valence-corrected chi connectivity index (χ2v) is 8.99. The van der Waals surface area contributed by atoms with E-state index in [1.54, 1.807) is 6.08 Å². The van der Waals surface area contributed by atoms with E-state index in [9.17, 15) is 19.8 Å². The second kappa shape index (κ2) is 9.43. The molecule has 29 heavy (non-hydrogen) atoms. The zero-order valence-electron chi connectivity index (χ0n) is 17.6. The molecule has 0 amide bonds. The summed E-state index contributed by atoms with van der Waals surface area (Å²) in [5, 5.41) is 20.5. The van der Waals surface area contributed by atoms with Gasteiger partial charge in [-0.3, -0.25) is 9.59 Å². The summed E-state index contributed by atoms with van der Waals surface area (Å²) >= 11 is 0. The molecule has 6 nitrogen and oxygen atoms in total. The Morgan fingerprint density at radius 2 is 2.07 bits per heavy atom. The Bertz CT molecular complexity index is 668. The molecule has 2 aliphatic carbocycles. The summed E-state index contributed by atoms with van der Waals surface area (Å²) in [6.45, 7) is 5.96. The van der Waals surface area contributed by atoms with Gasteiger partial charge < -0.3 is 19.7 Å². The van der Waals surface area contributed by atoms with E-state index >= 15 is 0 Å². The van der Waals surface area contributed by atoms with Crippen LogP contribution < -0.4 is 0 Å². The molecule has 0 saturated carbocycles. The topological polar surface area (TPSA) is 93.1 Å². The number of hydrogen-bond donors (Lipinski definition) is 2. The van der Waals surface area contributed by atoms with Gasteiger partial charge in [-0.1, -0.05) is 39.0 Å². The fourth-order valence-corrected chi connectivity index (χ4v) is 4.81. The number of rotatable bonds is 6. The number of esters is 2. The van der Waals surface area contributed by atoms with E-state index in [-0.39, 0.29) is 48.3 Å². The molecule has 3 rings (SSSR count). The van der Waals surface area contributed by atoms with Crippen molar-refractivity contribution in [2.24, 2.45) is 23.7 Å². The fraction of sp³-hybridized carbons (Fsp3) is 0.739. The van der Waals surface area contributed by atoms with Crippen LogP contribution in [0.25, 0.3) is 0 Å². The third kappa shape index (κ3) is 5.28. The maximum Gasteiger partial charge on any atom is 0.308 e. The van der Waals surface area contributed by atoms with Crippen LogP contribution in [0.5, 0.6) is 0 Å². The number of carbonyl (C=O) groups is 2. The molecular formula is C23H34O6. The monoisotopic (exact) mass is 406 g/mol. The lowest BCUT2D eigenvalue weighted by molar-refractivity contribution is -0.162. The molecule has 0 aromatic rings. The van der Waals surface area contributed by atoms with Crippen LogP contribution in [-0.4, -0.2) is 46.6 Å². The predicted molar refractivity (Wildman–Crippen MR) is 108 cm³/mol. The van der Waals surface area contributed by atoms with Gasteiger partial charge in [-0.15, -0.1) is 0 Å². The molecule has 8 atom stereocenters. The Morgan fingerprint density at radius 1 is 1.31 bits per heavy atom. The minimum absolute atomic E-state index is 0.0479. The van der Waals surface area contributed by atoms with Gasteiger partial charge in [0.25, 0.3) is 0 Å². The van der Waals surface area contributed by atoms with Crippen LogP contribution in [0.4, 0.5) is 0 Å². The zero-order chi connectivity index (χ0) is 21.1. The number of cyclic esters (lactones) is 1. The summed E-state index contributed by atoms with van der Waals surface area (Å²) in [6, 6.07) is 0. The molecule has 0 radical (unpaired) electrons. The van der Waals surface area contributed by atoms with E-state index in [1.165, 1.54) is 0 Å². The molecule has 1 aliphatic heterocycles. The Morgan fingerprint density at radius 3 is 2.76 bits per heavy atom. The molecule has 1 saturated heterocycles. The number of hydrogen-bond acceptors (Lipinski definition) is 6. The normalized spacial score (nSPS) is 37.9. The first kappa shape index (κ1) is 22.0. The molecule has 0 aromatic carbocycles. The quantitative estimate of drug-likeness (QED) is 0.659. The van der Waals surface area contributed by atoms with Crippen molar-refractivity contribution in [1.29, 1.82) is 0 Å². The van der Waals surface area contributed by atoms with Gasteiger partial charge in [-0.05, 0) is 43.1 Å². The Kier molecular flexibility index (Phi) is 7.17. The summed E-state index contributed by atoms with van der Waals surface area (Å²) in [5.41, 5.74) is 1.11. The molecule has 0 bridgehead atoms. The highest BCUT2D eigenvalue weighted by molar-refractivity contribution is 5.72. The molecule has 1 heterocycles. The van der Waals surface area contributed by atoms with Gasteiger partial charge >= 0.3 is 11.9 Å². The average molecular weight is 407 g/mol. The van der Waals surface area contributed by atoms with Gasteiger partial charge in [0.2, 0.25) is 0 Å².